The van der Waals surface area contributed by atoms with Crippen LogP contribution in [0.2, 0.25) is 10.0 Å². The first kappa shape index (κ1) is 29.0. The van der Waals surface area contributed by atoms with E-state index in [-0.39, 0.29) is 27.9 Å². The van der Waals surface area contributed by atoms with Crippen LogP contribution < -0.4 is 16.4 Å². The van der Waals surface area contributed by atoms with Gasteiger partial charge in [0.1, 0.15) is 11.6 Å². The molecule has 0 spiro atoms. The lowest BCUT2D eigenvalue weighted by Gasteiger charge is -2.31. The maximum atomic E-state index is 13.3. The van der Waals surface area contributed by atoms with Gasteiger partial charge in [0, 0.05) is 12.1 Å². The number of nitrogens with two attached hydrogens (primary N) is 1. The van der Waals surface area contributed by atoms with E-state index in [9.17, 15) is 14.4 Å². The number of hydrogen-bond acceptors (Lipinski definition) is 5. The highest BCUT2D eigenvalue weighted by Crippen LogP contribution is 2.41. The van der Waals surface area contributed by atoms with Gasteiger partial charge in [-0.2, -0.15) is 0 Å². The minimum absolute atomic E-state index is 0.146. The summed E-state index contributed by atoms with van der Waals surface area (Å²) in [5.41, 5.74) is 6.11. The minimum Gasteiger partial charge on any atom is -0.458 e. The van der Waals surface area contributed by atoms with E-state index in [1.165, 1.54) is 0 Å². The number of anilines is 1. The van der Waals surface area contributed by atoms with E-state index in [4.69, 9.17) is 33.7 Å². The van der Waals surface area contributed by atoms with Crippen LogP contribution in [0.3, 0.4) is 0 Å². The van der Waals surface area contributed by atoms with Crippen molar-refractivity contribution in [3.63, 3.8) is 0 Å². The van der Waals surface area contributed by atoms with E-state index in [1.807, 2.05) is 0 Å². The van der Waals surface area contributed by atoms with E-state index < -0.39 is 28.9 Å². The highest BCUT2D eigenvalue weighted by atomic mass is 35.5. The van der Waals surface area contributed by atoms with Crippen LogP contribution in [0.15, 0.2) is 42.5 Å². The van der Waals surface area contributed by atoms with Crippen molar-refractivity contribution in [2.75, 3.05) is 11.9 Å². The molecule has 200 valence electrons. The molecule has 0 radical (unpaired) electrons. The fraction of sp³-hybridized carbons (Fsp3) is 0.464. The molecule has 1 fully saturated rings. The first-order chi connectivity index (χ1) is 17.4. The molecule has 0 heterocycles. The number of amides is 2. The molecule has 9 heteroatoms. The van der Waals surface area contributed by atoms with Gasteiger partial charge in [-0.25, -0.2) is 4.79 Å². The van der Waals surface area contributed by atoms with Gasteiger partial charge in [0.25, 0.3) is 5.91 Å². The molecule has 37 heavy (non-hydrogen) atoms. The van der Waals surface area contributed by atoms with E-state index in [0.717, 1.165) is 31.2 Å². The molecule has 0 saturated heterocycles. The number of ether oxygens (including phenoxy) is 1. The highest BCUT2D eigenvalue weighted by molar-refractivity contribution is 6.40. The molecule has 1 aliphatic rings. The van der Waals surface area contributed by atoms with Crippen molar-refractivity contribution in [2.24, 2.45) is 11.1 Å². The molecule has 4 N–H and O–H groups in total. The summed E-state index contributed by atoms with van der Waals surface area (Å²) in [4.78, 5) is 39.1. The third kappa shape index (κ3) is 7.69. The standard InChI is InChI=1S/C28H35Cl2N3O4/c1-27(2,3)37-25(35)22(33-26(36)28(15-16-31)13-4-5-14-28)17-18-9-11-19(12-10-18)32-24(34)23-20(29)7-6-8-21(23)30/h6-12,22H,4-5,13-17,31H2,1-3H3,(H,32,34)(H,33,36)/t22-/m0/s1. The van der Waals surface area contributed by atoms with Crippen molar-refractivity contribution < 1.29 is 19.1 Å². The number of rotatable bonds is 9. The van der Waals surface area contributed by atoms with Crippen molar-refractivity contribution in [3.8, 4) is 0 Å². The number of halogens is 2. The first-order valence-corrected chi connectivity index (χ1v) is 13.3. The monoisotopic (exact) mass is 547 g/mol. The molecule has 0 aliphatic heterocycles. The fourth-order valence-electron chi connectivity index (χ4n) is 4.66. The van der Waals surface area contributed by atoms with E-state index in [1.54, 1.807) is 63.2 Å². The van der Waals surface area contributed by atoms with E-state index >= 15 is 0 Å². The Labute approximate surface area is 228 Å². The molecule has 2 amide bonds. The number of benzene rings is 2. The predicted molar refractivity (Wildman–Crippen MR) is 147 cm³/mol. The Balaban J connectivity index is 1.75. The van der Waals surface area contributed by atoms with Crippen LogP contribution in [-0.4, -0.2) is 36.0 Å². The molecule has 1 atom stereocenters. The average molecular weight is 549 g/mol. The van der Waals surface area contributed by atoms with Crippen molar-refractivity contribution in [3.05, 3.63) is 63.6 Å². The zero-order chi connectivity index (χ0) is 27.2. The summed E-state index contributed by atoms with van der Waals surface area (Å²) in [6, 6.07) is 11.0. The number of carbonyl (C=O) groups excluding carboxylic acids is 3. The smallest absolute Gasteiger partial charge is 0.329 e. The van der Waals surface area contributed by atoms with Crippen LogP contribution >= 0.6 is 23.2 Å². The summed E-state index contributed by atoms with van der Waals surface area (Å²) in [6.07, 6.45) is 4.30. The molecular weight excluding hydrogens is 513 g/mol. The van der Waals surface area contributed by atoms with Gasteiger partial charge in [0.05, 0.1) is 21.0 Å². The summed E-state index contributed by atoms with van der Waals surface area (Å²) in [5, 5.41) is 6.26. The normalized spacial score (nSPS) is 15.6. The van der Waals surface area contributed by atoms with Crippen molar-refractivity contribution in [1.82, 2.24) is 5.32 Å². The molecule has 0 bridgehead atoms. The summed E-state index contributed by atoms with van der Waals surface area (Å²) in [5.74, 6) is -1.07. The van der Waals surface area contributed by atoms with E-state index in [2.05, 4.69) is 10.6 Å². The largest absolute Gasteiger partial charge is 0.458 e. The topological polar surface area (TPSA) is 111 Å². The minimum atomic E-state index is -0.857. The summed E-state index contributed by atoms with van der Waals surface area (Å²) < 4.78 is 5.62. The van der Waals surface area contributed by atoms with Crippen LogP contribution in [0, 0.1) is 5.41 Å². The molecule has 0 unspecified atom stereocenters. The molecule has 3 rings (SSSR count). The van der Waals surface area contributed by atoms with Gasteiger partial charge in [-0.1, -0.05) is 54.2 Å². The van der Waals surface area contributed by atoms with Crippen LogP contribution in [0.1, 0.15) is 68.8 Å². The van der Waals surface area contributed by atoms with Gasteiger partial charge in [-0.05, 0) is 76.4 Å². The third-order valence-corrected chi connectivity index (χ3v) is 7.13. The first-order valence-electron chi connectivity index (χ1n) is 12.5. The Kier molecular flexibility index (Phi) is 9.62. The summed E-state index contributed by atoms with van der Waals surface area (Å²) >= 11 is 12.3. The molecule has 2 aromatic rings. The van der Waals surface area contributed by atoms with Crippen molar-refractivity contribution >= 4 is 46.7 Å². The number of carbonyl (C=O) groups is 3. The second-order valence-electron chi connectivity index (χ2n) is 10.5. The fourth-order valence-corrected chi connectivity index (χ4v) is 5.23. The summed E-state index contributed by atoms with van der Waals surface area (Å²) in [6.45, 7) is 5.79. The van der Waals surface area contributed by atoms with Crippen molar-refractivity contribution in [2.45, 2.75) is 70.9 Å². The SMILES string of the molecule is CC(C)(C)OC(=O)[C@H](Cc1ccc(NC(=O)c2c(Cl)cccc2Cl)cc1)NC(=O)C1(CCN)CCCC1. The highest BCUT2D eigenvalue weighted by Gasteiger charge is 2.42. The lowest BCUT2D eigenvalue weighted by atomic mass is 9.81. The molecular formula is C28H35Cl2N3O4. The molecule has 1 aliphatic carbocycles. The molecule has 0 aromatic heterocycles. The zero-order valence-electron chi connectivity index (χ0n) is 21.5. The van der Waals surface area contributed by atoms with E-state index in [0.29, 0.717) is 18.7 Å². The molecule has 2 aromatic carbocycles. The molecule has 7 nitrogen and oxygen atoms in total. The quantitative estimate of drug-likeness (QED) is 0.357. The van der Waals surface area contributed by atoms with Crippen LogP contribution in [0.4, 0.5) is 5.69 Å². The van der Waals surface area contributed by atoms with Crippen LogP contribution in [0.5, 0.6) is 0 Å². The number of hydrogen-bond donors (Lipinski definition) is 3. The van der Waals surface area contributed by atoms with Crippen LogP contribution in [-0.2, 0) is 20.7 Å². The Bertz CT molecular complexity index is 1100. The Morgan fingerprint density at radius 2 is 1.62 bits per heavy atom. The van der Waals surface area contributed by atoms with Gasteiger partial charge in [0.15, 0.2) is 0 Å². The average Bonchev–Trinajstić information content (AvgIpc) is 3.29. The lowest BCUT2D eigenvalue weighted by Crippen LogP contribution is -2.50. The maximum absolute atomic E-state index is 13.3. The van der Waals surface area contributed by atoms with Gasteiger partial charge < -0.3 is 21.1 Å². The van der Waals surface area contributed by atoms with Gasteiger partial charge in [0.2, 0.25) is 5.91 Å². The van der Waals surface area contributed by atoms with Gasteiger partial charge in [-0.3, -0.25) is 9.59 Å². The second kappa shape index (κ2) is 12.3. The maximum Gasteiger partial charge on any atom is 0.329 e. The molecule has 1 saturated carbocycles. The van der Waals surface area contributed by atoms with Crippen LogP contribution in [0.25, 0.3) is 0 Å². The van der Waals surface area contributed by atoms with Crippen molar-refractivity contribution in [1.29, 1.82) is 0 Å². The Morgan fingerprint density at radius 3 is 2.16 bits per heavy atom. The van der Waals surface area contributed by atoms with Gasteiger partial charge in [-0.15, -0.1) is 0 Å². The lowest BCUT2D eigenvalue weighted by molar-refractivity contribution is -0.159. The zero-order valence-corrected chi connectivity index (χ0v) is 23.0. The summed E-state index contributed by atoms with van der Waals surface area (Å²) in [7, 11) is 0. The van der Waals surface area contributed by atoms with Gasteiger partial charge >= 0.3 is 5.97 Å². The Hall–Kier alpha value is -2.61. The number of nitrogens with one attached hydrogen (secondary N) is 2. The second-order valence-corrected chi connectivity index (χ2v) is 11.4. The number of esters is 1. The third-order valence-electron chi connectivity index (χ3n) is 6.50. The predicted octanol–water partition coefficient (Wildman–Crippen LogP) is 5.52. The Morgan fingerprint density at radius 1 is 1.03 bits per heavy atom.